The molecule has 0 aliphatic carbocycles. The Labute approximate surface area is 70.8 Å². The Hall–Kier alpha value is -1.10. The molecule has 0 bridgehead atoms. The fraction of sp³-hybridized carbons (Fsp3) is 0. The van der Waals surface area contributed by atoms with E-state index in [0.717, 1.165) is 0 Å². The summed E-state index contributed by atoms with van der Waals surface area (Å²) >= 11 is 10.7. The highest BCUT2D eigenvalue weighted by Gasteiger charge is 1.99. The quantitative estimate of drug-likeness (QED) is 0.386. The van der Waals surface area contributed by atoms with Crippen molar-refractivity contribution in [2.45, 2.75) is 0 Å². The van der Waals surface area contributed by atoms with E-state index >= 15 is 0 Å². The van der Waals surface area contributed by atoms with E-state index in [1.54, 1.807) is 0 Å². The van der Waals surface area contributed by atoms with E-state index in [4.69, 9.17) is 28.7 Å². The van der Waals surface area contributed by atoms with E-state index in [9.17, 15) is 0 Å². The average Bonchev–Trinajstić information content (AvgIpc) is 1.85. The number of halogens is 2. The summed E-state index contributed by atoms with van der Waals surface area (Å²) in [5.74, 6) is -0.141. The Kier molecular flexibility index (Phi) is 2.43. The van der Waals surface area contributed by atoms with Gasteiger partial charge in [0.1, 0.15) is 0 Å². The molecule has 0 atom stereocenters. The van der Waals surface area contributed by atoms with Gasteiger partial charge in [-0.2, -0.15) is 15.0 Å². The zero-order valence-electron chi connectivity index (χ0n) is 4.94. The monoisotopic (exact) mass is 190 g/mol. The van der Waals surface area contributed by atoms with Crippen LogP contribution in [0.4, 0.5) is 5.95 Å². The van der Waals surface area contributed by atoms with Crippen molar-refractivity contribution in [1.82, 2.24) is 15.0 Å². The van der Waals surface area contributed by atoms with Gasteiger partial charge in [0, 0.05) is 4.91 Å². The molecule has 1 aromatic rings. The molecule has 8 heteroatoms. The highest BCUT2D eigenvalue weighted by Crippen LogP contribution is 2.11. The number of hydrogen-bond acceptors (Lipinski definition) is 4. The van der Waals surface area contributed by atoms with Crippen molar-refractivity contribution in [1.29, 1.82) is 0 Å². The Morgan fingerprint density at radius 3 is 2.18 bits per heavy atom. The molecular formula is C3Cl2N6. The third-order valence-electron chi connectivity index (χ3n) is 0.703. The van der Waals surface area contributed by atoms with Crippen molar-refractivity contribution in [3.05, 3.63) is 21.0 Å². The third-order valence-corrected chi connectivity index (χ3v) is 1.04. The minimum atomic E-state index is -0.141. The fourth-order valence-electron chi connectivity index (χ4n) is 0.401. The maximum atomic E-state index is 7.97. The predicted octanol–water partition coefficient (Wildman–Crippen LogP) is 2.12. The van der Waals surface area contributed by atoms with Crippen LogP contribution in [0.2, 0.25) is 10.6 Å². The summed E-state index contributed by atoms with van der Waals surface area (Å²) in [7, 11) is 0. The summed E-state index contributed by atoms with van der Waals surface area (Å²) < 4.78 is 0. The average molecular weight is 191 g/mol. The second kappa shape index (κ2) is 3.34. The van der Waals surface area contributed by atoms with Gasteiger partial charge in [-0.15, -0.1) is 0 Å². The maximum Gasteiger partial charge on any atom is 0.227 e. The second-order valence-electron chi connectivity index (χ2n) is 1.36. The van der Waals surface area contributed by atoms with Crippen molar-refractivity contribution in [3.63, 3.8) is 0 Å². The Balaban J connectivity index is 3.18. The first-order chi connectivity index (χ1) is 5.22. The van der Waals surface area contributed by atoms with E-state index in [0.29, 0.717) is 0 Å². The molecule has 0 N–H and O–H groups in total. The van der Waals surface area contributed by atoms with E-state index < -0.39 is 0 Å². The van der Waals surface area contributed by atoms with Gasteiger partial charge in [-0.25, -0.2) is 0 Å². The van der Waals surface area contributed by atoms with Crippen LogP contribution in [0.1, 0.15) is 0 Å². The Morgan fingerprint density at radius 2 is 1.73 bits per heavy atom. The van der Waals surface area contributed by atoms with Crippen LogP contribution in [-0.4, -0.2) is 15.0 Å². The topological polar surface area (TPSA) is 87.4 Å². The molecule has 0 unspecified atom stereocenters. The molecule has 0 aromatic carbocycles. The van der Waals surface area contributed by atoms with Crippen molar-refractivity contribution >= 4 is 29.2 Å². The summed E-state index contributed by atoms with van der Waals surface area (Å²) in [5, 5.41) is 2.87. The normalized spacial score (nSPS) is 8.91. The van der Waals surface area contributed by atoms with E-state index in [-0.39, 0.29) is 16.5 Å². The Bertz CT molecular complexity index is 297. The van der Waals surface area contributed by atoms with Gasteiger partial charge >= 0.3 is 0 Å². The van der Waals surface area contributed by atoms with Gasteiger partial charge < -0.3 is 0 Å². The molecule has 0 spiro atoms. The summed E-state index contributed by atoms with van der Waals surface area (Å²) in [6.45, 7) is 0. The first-order valence-electron chi connectivity index (χ1n) is 2.34. The zero-order valence-corrected chi connectivity index (χ0v) is 6.45. The summed E-state index contributed by atoms with van der Waals surface area (Å²) in [6.07, 6.45) is 0. The van der Waals surface area contributed by atoms with Crippen LogP contribution in [0, 0.1) is 0 Å². The van der Waals surface area contributed by atoms with Crippen LogP contribution >= 0.6 is 23.2 Å². The van der Waals surface area contributed by atoms with Crippen molar-refractivity contribution in [3.8, 4) is 0 Å². The Morgan fingerprint density at radius 1 is 1.18 bits per heavy atom. The van der Waals surface area contributed by atoms with E-state index in [1.807, 2.05) is 0 Å². The molecule has 0 radical (unpaired) electrons. The summed E-state index contributed by atoms with van der Waals surface area (Å²) in [4.78, 5) is 12.8. The lowest BCUT2D eigenvalue weighted by atomic mass is 11.0. The molecular weight excluding hydrogens is 191 g/mol. The van der Waals surface area contributed by atoms with Gasteiger partial charge in [-0.05, 0) is 33.8 Å². The lowest BCUT2D eigenvalue weighted by Crippen LogP contribution is -1.86. The standard InChI is InChI=1S/C3Cl2N6/c4-1-7-2(5)9-3(8-1)10-11-6. The lowest BCUT2D eigenvalue weighted by Gasteiger charge is -1.90. The van der Waals surface area contributed by atoms with Gasteiger partial charge in [-0.1, -0.05) is 0 Å². The maximum absolute atomic E-state index is 7.97. The number of nitrogens with zero attached hydrogens (tertiary/aromatic N) is 6. The SMILES string of the molecule is [N-]=[N+]=Nc1nc(Cl)nc(Cl)n1. The molecule has 0 saturated heterocycles. The molecule has 0 amide bonds. The van der Waals surface area contributed by atoms with E-state index in [2.05, 4.69) is 25.0 Å². The number of aromatic nitrogens is 3. The fourth-order valence-corrected chi connectivity index (χ4v) is 0.755. The van der Waals surface area contributed by atoms with Crippen molar-refractivity contribution in [2.75, 3.05) is 0 Å². The van der Waals surface area contributed by atoms with Crippen molar-refractivity contribution in [2.24, 2.45) is 5.11 Å². The first-order valence-corrected chi connectivity index (χ1v) is 3.10. The van der Waals surface area contributed by atoms with Crippen LogP contribution in [0.15, 0.2) is 5.11 Å². The molecule has 0 fully saturated rings. The zero-order chi connectivity index (χ0) is 8.27. The summed E-state index contributed by atoms with van der Waals surface area (Å²) in [5.41, 5.74) is 7.97. The van der Waals surface area contributed by atoms with Gasteiger partial charge in [0.2, 0.25) is 16.5 Å². The largest absolute Gasteiger partial charge is 0.227 e. The van der Waals surface area contributed by atoms with Gasteiger partial charge in [-0.3, -0.25) is 0 Å². The smallest absolute Gasteiger partial charge is 0.196 e. The highest BCUT2D eigenvalue weighted by atomic mass is 35.5. The second-order valence-corrected chi connectivity index (χ2v) is 2.04. The van der Waals surface area contributed by atoms with Gasteiger partial charge in [0.15, 0.2) is 0 Å². The van der Waals surface area contributed by atoms with Crippen LogP contribution in [0.25, 0.3) is 10.4 Å². The molecule has 0 aliphatic rings. The molecule has 1 heterocycles. The van der Waals surface area contributed by atoms with E-state index in [1.165, 1.54) is 0 Å². The minimum absolute atomic E-state index is 0.104. The number of rotatable bonds is 1. The van der Waals surface area contributed by atoms with Crippen LogP contribution in [-0.2, 0) is 0 Å². The highest BCUT2D eigenvalue weighted by molar-refractivity contribution is 6.31. The van der Waals surface area contributed by atoms with Crippen molar-refractivity contribution < 1.29 is 0 Å². The van der Waals surface area contributed by atoms with Crippen LogP contribution < -0.4 is 0 Å². The van der Waals surface area contributed by atoms with Gasteiger partial charge in [0.25, 0.3) is 0 Å². The molecule has 0 saturated carbocycles. The number of azide groups is 1. The predicted molar refractivity (Wildman–Crippen MR) is 38.7 cm³/mol. The molecule has 56 valence electrons. The van der Waals surface area contributed by atoms with Crippen LogP contribution in [0.5, 0.6) is 0 Å². The van der Waals surface area contributed by atoms with Crippen LogP contribution in [0.3, 0.4) is 0 Å². The molecule has 11 heavy (non-hydrogen) atoms. The molecule has 1 aromatic heterocycles. The first kappa shape index (κ1) is 8.00. The molecule has 6 nitrogen and oxygen atoms in total. The molecule has 0 aliphatic heterocycles. The minimum Gasteiger partial charge on any atom is -0.196 e. The van der Waals surface area contributed by atoms with Gasteiger partial charge in [0.05, 0.1) is 0 Å². The lowest BCUT2D eigenvalue weighted by molar-refractivity contribution is 1.03. The number of hydrogen-bond donors (Lipinski definition) is 0. The summed E-state index contributed by atoms with van der Waals surface area (Å²) in [6, 6.07) is 0. The molecule has 1 rings (SSSR count). The third kappa shape index (κ3) is 2.19.